The van der Waals surface area contributed by atoms with Crippen LogP contribution in [0.25, 0.3) is 144 Å². The molecule has 5 heterocycles. The van der Waals surface area contributed by atoms with E-state index in [0.717, 1.165) is 82.8 Å². The van der Waals surface area contributed by atoms with E-state index in [-0.39, 0.29) is 0 Å². The van der Waals surface area contributed by atoms with Gasteiger partial charge in [0.2, 0.25) is 11.9 Å². The molecule has 16 aromatic rings. The Bertz CT molecular complexity index is 4690. The average molecular weight is 970 g/mol. The van der Waals surface area contributed by atoms with Crippen molar-refractivity contribution < 1.29 is 0 Å². The van der Waals surface area contributed by atoms with Gasteiger partial charge >= 0.3 is 0 Å². The van der Waals surface area contributed by atoms with Crippen molar-refractivity contribution in [3.05, 3.63) is 261 Å². The number of hydrogen-bond acceptors (Lipinski definition) is 3. The van der Waals surface area contributed by atoms with E-state index in [1.807, 2.05) is 18.2 Å². The number of rotatable bonds is 7. The fourth-order valence-electron chi connectivity index (χ4n) is 12.0. The second-order valence-electron chi connectivity index (χ2n) is 19.6. The van der Waals surface area contributed by atoms with Crippen LogP contribution in [0.1, 0.15) is 0 Å². The van der Waals surface area contributed by atoms with Crippen LogP contribution in [0.15, 0.2) is 261 Å². The van der Waals surface area contributed by atoms with E-state index in [4.69, 9.17) is 15.0 Å². The molecule has 5 aromatic heterocycles. The number of para-hydroxylation sites is 6. The lowest BCUT2D eigenvalue weighted by Gasteiger charge is -2.13. The molecule has 16 rings (SSSR count). The Labute approximate surface area is 436 Å². The van der Waals surface area contributed by atoms with E-state index in [2.05, 4.69) is 261 Å². The summed E-state index contributed by atoms with van der Waals surface area (Å²) in [5, 5.41) is 9.38. The molecule has 354 valence electrons. The molecule has 0 spiro atoms. The summed E-state index contributed by atoms with van der Waals surface area (Å²) in [5.74, 6) is 1.68. The Hall–Kier alpha value is -10.4. The van der Waals surface area contributed by atoms with Gasteiger partial charge in [-0.05, 0) is 119 Å². The fourth-order valence-corrected chi connectivity index (χ4v) is 12.0. The third-order valence-electron chi connectivity index (χ3n) is 15.4. The SMILES string of the molecule is c1ccc(-c2nc(-n3c4ccccc4c4cc(-c5ccc6c(c5)c5ccccc5n6-c5ccccc5)ccc43)nc(-n3c4ccccc4c4cc(-c5ccc6c(c5)c5ccccc5n6-c5ccccc5)ccc43)n2)cc1. The Morgan fingerprint density at radius 2 is 0.474 bits per heavy atom. The Balaban J connectivity index is 0.859. The predicted molar refractivity (Wildman–Crippen MR) is 313 cm³/mol. The molecule has 0 radical (unpaired) electrons. The minimum Gasteiger partial charge on any atom is -0.309 e. The van der Waals surface area contributed by atoms with Crippen LogP contribution in [0.3, 0.4) is 0 Å². The highest BCUT2D eigenvalue weighted by Gasteiger charge is 2.22. The highest BCUT2D eigenvalue weighted by molar-refractivity contribution is 6.14. The monoisotopic (exact) mass is 969 g/mol. The molecule has 7 nitrogen and oxygen atoms in total. The summed E-state index contributed by atoms with van der Waals surface area (Å²) in [4.78, 5) is 16.1. The second kappa shape index (κ2) is 16.6. The summed E-state index contributed by atoms with van der Waals surface area (Å²) < 4.78 is 9.14. The van der Waals surface area contributed by atoms with E-state index >= 15 is 0 Å². The van der Waals surface area contributed by atoms with Gasteiger partial charge < -0.3 is 9.13 Å². The van der Waals surface area contributed by atoms with Gasteiger partial charge in [-0.15, -0.1) is 0 Å². The van der Waals surface area contributed by atoms with Crippen molar-refractivity contribution >= 4 is 87.2 Å². The maximum atomic E-state index is 5.49. The highest BCUT2D eigenvalue weighted by Crippen LogP contribution is 2.41. The summed E-state index contributed by atoms with van der Waals surface area (Å²) in [5.41, 5.74) is 16.6. The number of hydrogen-bond donors (Lipinski definition) is 0. The van der Waals surface area contributed by atoms with Gasteiger partial charge in [-0.2, -0.15) is 15.0 Å². The van der Waals surface area contributed by atoms with Crippen LogP contribution < -0.4 is 0 Å². The molecule has 7 heteroatoms. The van der Waals surface area contributed by atoms with Gasteiger partial charge in [0.25, 0.3) is 0 Å². The van der Waals surface area contributed by atoms with E-state index in [9.17, 15) is 0 Å². The van der Waals surface area contributed by atoms with Gasteiger partial charge in [-0.1, -0.05) is 164 Å². The normalized spacial score (nSPS) is 11.9. The smallest absolute Gasteiger partial charge is 0.240 e. The molecule has 0 N–H and O–H groups in total. The first-order chi connectivity index (χ1) is 37.7. The zero-order valence-electron chi connectivity index (χ0n) is 41.0. The lowest BCUT2D eigenvalue weighted by molar-refractivity contribution is 0.893. The predicted octanol–water partition coefficient (Wildman–Crippen LogP) is 17.3. The summed E-state index contributed by atoms with van der Waals surface area (Å²) in [6.07, 6.45) is 0. The van der Waals surface area contributed by atoms with Gasteiger partial charge in [-0.25, -0.2) is 0 Å². The fraction of sp³-hybridized carbons (Fsp3) is 0. The average Bonchev–Trinajstić information content (AvgIpc) is 4.23. The number of fused-ring (bicyclic) bond motifs is 12. The van der Waals surface area contributed by atoms with Crippen LogP contribution in [0.2, 0.25) is 0 Å². The molecule has 0 unspecified atom stereocenters. The molecular formula is C69H43N7. The number of nitrogens with zero attached hydrogens (tertiary/aromatic N) is 7. The topological polar surface area (TPSA) is 58.4 Å². The first-order valence-corrected chi connectivity index (χ1v) is 25.8. The van der Waals surface area contributed by atoms with Gasteiger partial charge in [-0.3, -0.25) is 9.13 Å². The van der Waals surface area contributed by atoms with Crippen LogP contribution in [-0.4, -0.2) is 33.2 Å². The van der Waals surface area contributed by atoms with Gasteiger partial charge in [0.15, 0.2) is 5.82 Å². The van der Waals surface area contributed by atoms with Crippen molar-refractivity contribution in [2.75, 3.05) is 0 Å². The molecule has 0 aliphatic carbocycles. The Morgan fingerprint density at radius 3 is 0.829 bits per heavy atom. The van der Waals surface area contributed by atoms with Crippen LogP contribution >= 0.6 is 0 Å². The lowest BCUT2D eigenvalue weighted by Crippen LogP contribution is -2.10. The van der Waals surface area contributed by atoms with E-state index in [1.165, 1.54) is 43.6 Å². The van der Waals surface area contributed by atoms with Crippen molar-refractivity contribution in [2.45, 2.75) is 0 Å². The summed E-state index contributed by atoms with van der Waals surface area (Å²) in [6.45, 7) is 0. The maximum absolute atomic E-state index is 5.49. The first-order valence-electron chi connectivity index (χ1n) is 25.8. The molecule has 0 aliphatic heterocycles. The minimum absolute atomic E-state index is 0.545. The van der Waals surface area contributed by atoms with Crippen molar-refractivity contribution in [3.63, 3.8) is 0 Å². The van der Waals surface area contributed by atoms with Crippen molar-refractivity contribution in [2.24, 2.45) is 0 Å². The maximum Gasteiger partial charge on any atom is 0.240 e. The van der Waals surface area contributed by atoms with Crippen molar-refractivity contribution in [3.8, 4) is 56.9 Å². The largest absolute Gasteiger partial charge is 0.309 e. The van der Waals surface area contributed by atoms with Crippen molar-refractivity contribution in [1.29, 1.82) is 0 Å². The first kappa shape index (κ1) is 42.2. The van der Waals surface area contributed by atoms with Gasteiger partial charge in [0.1, 0.15) is 0 Å². The number of benzene rings is 11. The number of aromatic nitrogens is 7. The summed E-state index contributed by atoms with van der Waals surface area (Å²) in [7, 11) is 0. The van der Waals surface area contributed by atoms with Crippen LogP contribution in [0, 0.1) is 0 Å². The van der Waals surface area contributed by atoms with Crippen LogP contribution in [0.4, 0.5) is 0 Å². The molecule has 0 saturated heterocycles. The lowest BCUT2D eigenvalue weighted by atomic mass is 10.0. The summed E-state index contributed by atoms with van der Waals surface area (Å²) in [6, 6.07) is 93.4. The van der Waals surface area contributed by atoms with Gasteiger partial charge in [0, 0.05) is 60.0 Å². The molecule has 0 saturated carbocycles. The Kier molecular flexibility index (Phi) is 9.20. The molecule has 0 fully saturated rings. The van der Waals surface area contributed by atoms with E-state index < -0.39 is 0 Å². The second-order valence-corrected chi connectivity index (χ2v) is 19.6. The van der Waals surface area contributed by atoms with E-state index in [1.54, 1.807) is 0 Å². The van der Waals surface area contributed by atoms with Crippen LogP contribution in [-0.2, 0) is 0 Å². The molecular weight excluding hydrogens is 927 g/mol. The minimum atomic E-state index is 0.545. The third-order valence-corrected chi connectivity index (χ3v) is 15.4. The highest BCUT2D eigenvalue weighted by atomic mass is 15.3. The molecule has 0 bridgehead atoms. The van der Waals surface area contributed by atoms with Crippen LogP contribution in [0.5, 0.6) is 0 Å². The van der Waals surface area contributed by atoms with E-state index in [0.29, 0.717) is 17.7 Å². The molecule has 0 aliphatic rings. The summed E-state index contributed by atoms with van der Waals surface area (Å²) >= 11 is 0. The Morgan fingerprint density at radius 1 is 0.197 bits per heavy atom. The standard InChI is InChI=1S/C69H43N7/c1-4-18-44(19-5-1)67-70-68(75-61-30-16-12-26-53(61)57-42-47(34-38-65(57)75)45-32-36-63-55(40-45)51-24-10-14-28-59(51)73(63)49-20-6-2-7-21-49)72-69(71-67)76-62-31-17-13-27-54(62)58-43-48(35-39-66(58)76)46-33-37-64-56(41-46)52-25-11-15-29-60(52)74(64)50-22-8-3-9-23-50/h1-43H. The quantitative estimate of drug-likeness (QED) is 0.160. The molecule has 0 amide bonds. The zero-order valence-corrected chi connectivity index (χ0v) is 41.0. The molecule has 11 aromatic carbocycles. The molecule has 76 heavy (non-hydrogen) atoms. The van der Waals surface area contributed by atoms with Crippen molar-refractivity contribution in [1.82, 2.24) is 33.2 Å². The van der Waals surface area contributed by atoms with Gasteiger partial charge in [0.05, 0.1) is 44.1 Å². The molecule has 0 atom stereocenters. The third kappa shape index (κ3) is 6.39. The zero-order chi connectivity index (χ0) is 49.8.